The minimum atomic E-state index is -0.787. The maximum absolute atomic E-state index is 11.2. The van der Waals surface area contributed by atoms with Crippen LogP contribution in [-0.4, -0.2) is 49.2 Å². The molecule has 0 amide bonds. The van der Waals surface area contributed by atoms with Gasteiger partial charge in [-0.15, -0.1) is 0 Å². The molecule has 0 bridgehead atoms. The maximum atomic E-state index is 11.2. The smallest absolute Gasteiger partial charge is 0.167 e. The number of ketones is 1. The van der Waals surface area contributed by atoms with E-state index >= 15 is 0 Å². The molecule has 3 heteroatoms. The van der Waals surface area contributed by atoms with E-state index < -0.39 is 6.10 Å². The van der Waals surface area contributed by atoms with Crippen molar-refractivity contribution in [2.75, 3.05) is 27.7 Å². The van der Waals surface area contributed by atoms with Crippen molar-refractivity contribution < 1.29 is 14.4 Å². The lowest BCUT2D eigenvalue weighted by atomic mass is 10.1. The van der Waals surface area contributed by atoms with E-state index in [1.54, 1.807) is 0 Å². The van der Waals surface area contributed by atoms with Crippen LogP contribution in [0, 0.1) is 0 Å². The van der Waals surface area contributed by atoms with Crippen LogP contribution in [0.2, 0.25) is 0 Å². The number of carbonyl (C=O) groups excluding carboxylic acids is 1. The summed E-state index contributed by atoms with van der Waals surface area (Å²) >= 11 is 0. The summed E-state index contributed by atoms with van der Waals surface area (Å²) in [6.45, 7) is 2.44. The summed E-state index contributed by atoms with van der Waals surface area (Å²) in [4.78, 5) is 11.2. The third kappa shape index (κ3) is 5.27. The number of hydrogen-bond acceptors (Lipinski definition) is 2. The van der Waals surface area contributed by atoms with Crippen molar-refractivity contribution in [2.45, 2.75) is 25.9 Å². The van der Waals surface area contributed by atoms with Crippen LogP contribution in [0.1, 0.15) is 19.8 Å². The summed E-state index contributed by atoms with van der Waals surface area (Å²) in [7, 11) is 5.88. The molecule has 3 nitrogen and oxygen atoms in total. The summed E-state index contributed by atoms with van der Waals surface area (Å²) in [5.41, 5.74) is 0. The quantitative estimate of drug-likeness (QED) is 0.613. The lowest BCUT2D eigenvalue weighted by Gasteiger charge is -2.26. The van der Waals surface area contributed by atoms with Crippen molar-refractivity contribution in [1.29, 1.82) is 0 Å². The van der Waals surface area contributed by atoms with Gasteiger partial charge >= 0.3 is 0 Å². The highest BCUT2D eigenvalue weighted by Gasteiger charge is 2.21. The summed E-state index contributed by atoms with van der Waals surface area (Å²) in [6.07, 6.45) is 0.513. The molecule has 0 rings (SSSR count). The van der Waals surface area contributed by atoms with Crippen LogP contribution in [0.4, 0.5) is 0 Å². The lowest BCUT2D eigenvalue weighted by Crippen LogP contribution is -2.44. The maximum Gasteiger partial charge on any atom is 0.167 e. The molecule has 0 aromatic rings. The van der Waals surface area contributed by atoms with Gasteiger partial charge in [-0.05, 0) is 6.42 Å². The minimum absolute atomic E-state index is 0.0365. The lowest BCUT2D eigenvalue weighted by molar-refractivity contribution is -0.872. The molecule has 0 heterocycles. The highest BCUT2D eigenvalue weighted by molar-refractivity contribution is 5.82. The summed E-state index contributed by atoms with van der Waals surface area (Å²) < 4.78 is 0.622. The third-order valence-electron chi connectivity index (χ3n) is 1.59. The van der Waals surface area contributed by atoms with Crippen LogP contribution in [0.5, 0.6) is 0 Å². The zero-order valence-electron chi connectivity index (χ0n) is 8.50. The monoisotopic (exact) mass is 174 g/mol. The van der Waals surface area contributed by atoms with Gasteiger partial charge in [0, 0.05) is 6.42 Å². The Morgan fingerprint density at radius 3 is 2.25 bits per heavy atom. The van der Waals surface area contributed by atoms with Crippen molar-refractivity contribution >= 4 is 5.78 Å². The molecule has 0 radical (unpaired) electrons. The number of rotatable bonds is 5. The van der Waals surface area contributed by atoms with Gasteiger partial charge in [-0.2, -0.15) is 0 Å². The van der Waals surface area contributed by atoms with E-state index in [1.165, 1.54) is 0 Å². The molecule has 0 saturated heterocycles. The van der Waals surface area contributed by atoms with Gasteiger partial charge in [0.15, 0.2) is 11.9 Å². The van der Waals surface area contributed by atoms with Crippen LogP contribution in [0.25, 0.3) is 0 Å². The molecular weight excluding hydrogens is 154 g/mol. The molecule has 0 aromatic carbocycles. The standard InChI is InChI=1S/C9H20NO2/c1-5-6-8(11)9(12)7-10(2,3)4/h9,12H,5-7H2,1-4H3/q+1. The van der Waals surface area contributed by atoms with Gasteiger partial charge in [0.25, 0.3) is 0 Å². The molecule has 0 aromatic heterocycles. The largest absolute Gasteiger partial charge is 0.380 e. The number of carbonyl (C=O) groups is 1. The van der Waals surface area contributed by atoms with E-state index in [0.29, 0.717) is 17.4 Å². The van der Waals surface area contributed by atoms with Gasteiger partial charge in [0.1, 0.15) is 6.54 Å². The van der Waals surface area contributed by atoms with E-state index in [1.807, 2.05) is 28.1 Å². The highest BCUT2D eigenvalue weighted by Crippen LogP contribution is 2.00. The second-order valence-electron chi connectivity index (χ2n) is 4.21. The van der Waals surface area contributed by atoms with E-state index in [2.05, 4.69) is 0 Å². The Balaban J connectivity index is 3.87. The van der Waals surface area contributed by atoms with Crippen LogP contribution in [-0.2, 0) is 4.79 Å². The van der Waals surface area contributed by atoms with Crippen molar-refractivity contribution in [3.8, 4) is 0 Å². The van der Waals surface area contributed by atoms with Gasteiger partial charge in [0.05, 0.1) is 21.1 Å². The van der Waals surface area contributed by atoms with Crippen molar-refractivity contribution in [3.63, 3.8) is 0 Å². The number of likely N-dealkylation sites (N-methyl/N-ethyl adjacent to an activating group) is 1. The van der Waals surface area contributed by atoms with E-state index in [0.717, 1.165) is 6.42 Å². The predicted octanol–water partition coefficient (Wildman–Crippen LogP) is 0.423. The summed E-state index contributed by atoms with van der Waals surface area (Å²) in [5.74, 6) is -0.0365. The minimum Gasteiger partial charge on any atom is -0.380 e. The normalized spacial score (nSPS) is 14.4. The van der Waals surface area contributed by atoms with Crippen LogP contribution in [0.3, 0.4) is 0 Å². The van der Waals surface area contributed by atoms with Crippen LogP contribution in [0.15, 0.2) is 0 Å². The average molecular weight is 174 g/mol. The molecule has 0 saturated carbocycles. The van der Waals surface area contributed by atoms with Crippen molar-refractivity contribution in [2.24, 2.45) is 0 Å². The van der Waals surface area contributed by atoms with Crippen LogP contribution < -0.4 is 0 Å². The number of Topliss-reactive ketones (excluding diaryl/α,β-unsaturated/α-hetero) is 1. The van der Waals surface area contributed by atoms with E-state index in [-0.39, 0.29) is 5.78 Å². The molecule has 1 atom stereocenters. The molecule has 0 aliphatic heterocycles. The number of aliphatic hydroxyl groups is 1. The summed E-state index contributed by atoms with van der Waals surface area (Å²) in [5, 5.41) is 9.42. The predicted molar refractivity (Wildman–Crippen MR) is 48.8 cm³/mol. The molecule has 0 aliphatic rings. The Bertz CT molecular complexity index is 149. The molecule has 0 fully saturated rings. The van der Waals surface area contributed by atoms with Crippen molar-refractivity contribution in [1.82, 2.24) is 0 Å². The zero-order valence-corrected chi connectivity index (χ0v) is 8.50. The number of hydrogen-bond donors (Lipinski definition) is 1. The van der Waals surface area contributed by atoms with Gasteiger partial charge in [0.2, 0.25) is 0 Å². The first-order valence-electron chi connectivity index (χ1n) is 4.38. The molecule has 0 spiro atoms. The molecule has 72 valence electrons. The van der Waals surface area contributed by atoms with Crippen LogP contribution >= 0.6 is 0 Å². The number of aliphatic hydroxyl groups excluding tert-OH is 1. The first-order valence-corrected chi connectivity index (χ1v) is 4.38. The fraction of sp³-hybridized carbons (Fsp3) is 0.889. The average Bonchev–Trinajstić information content (AvgIpc) is 1.84. The Morgan fingerprint density at radius 1 is 1.42 bits per heavy atom. The first-order chi connectivity index (χ1) is 5.37. The Morgan fingerprint density at radius 2 is 1.92 bits per heavy atom. The van der Waals surface area contributed by atoms with Gasteiger partial charge in [-0.3, -0.25) is 4.79 Å². The second kappa shape index (κ2) is 4.58. The third-order valence-corrected chi connectivity index (χ3v) is 1.59. The first kappa shape index (κ1) is 11.6. The SMILES string of the molecule is CCCC(=O)C(O)C[N+](C)(C)C. The number of quaternary nitrogens is 1. The zero-order chi connectivity index (χ0) is 9.78. The Hall–Kier alpha value is -0.410. The Labute approximate surface area is 74.6 Å². The highest BCUT2D eigenvalue weighted by atomic mass is 16.3. The Kier molecular flexibility index (Phi) is 4.42. The van der Waals surface area contributed by atoms with Crippen molar-refractivity contribution in [3.05, 3.63) is 0 Å². The van der Waals surface area contributed by atoms with Gasteiger partial charge in [-0.1, -0.05) is 6.92 Å². The topological polar surface area (TPSA) is 37.3 Å². The fourth-order valence-electron chi connectivity index (χ4n) is 1.03. The molecule has 1 unspecified atom stereocenters. The van der Waals surface area contributed by atoms with Gasteiger partial charge in [-0.25, -0.2) is 0 Å². The van der Waals surface area contributed by atoms with Gasteiger partial charge < -0.3 is 9.59 Å². The number of nitrogens with zero attached hydrogens (tertiary/aromatic N) is 1. The fourth-order valence-corrected chi connectivity index (χ4v) is 1.03. The van der Waals surface area contributed by atoms with E-state index in [4.69, 9.17) is 0 Å². The second-order valence-corrected chi connectivity index (χ2v) is 4.21. The molecule has 12 heavy (non-hydrogen) atoms. The molecule has 1 N–H and O–H groups in total. The summed E-state index contributed by atoms with van der Waals surface area (Å²) in [6, 6.07) is 0. The molecule has 0 aliphatic carbocycles. The van der Waals surface area contributed by atoms with E-state index in [9.17, 15) is 9.90 Å². The molecular formula is C9H20NO2+.